The van der Waals surface area contributed by atoms with Crippen molar-refractivity contribution in [3.8, 4) is 0 Å². The Balaban J connectivity index is 0.00000112. The quantitative estimate of drug-likeness (QED) is 0.388. The van der Waals surface area contributed by atoms with Crippen molar-refractivity contribution in [1.82, 2.24) is 9.47 Å². The Bertz CT molecular complexity index is 350. The largest absolute Gasteiger partial charge is 1.00 e. The van der Waals surface area contributed by atoms with Crippen molar-refractivity contribution in [2.24, 2.45) is 13.0 Å². The second-order valence-corrected chi connectivity index (χ2v) is 4.11. The summed E-state index contributed by atoms with van der Waals surface area (Å²) in [6.45, 7) is 3.96. The van der Waals surface area contributed by atoms with Crippen molar-refractivity contribution in [3.05, 3.63) is 18.7 Å². The minimum Gasteiger partial charge on any atom is -1.00 e. The number of rotatable bonds is 0. The summed E-state index contributed by atoms with van der Waals surface area (Å²) in [5.41, 5.74) is 0. The highest BCUT2D eigenvalue weighted by atomic mass is 127. The number of hydrogen-bond acceptors (Lipinski definition) is 1. The van der Waals surface area contributed by atoms with Crippen molar-refractivity contribution in [3.63, 3.8) is 0 Å². The average molecular weight is 321 g/mol. The van der Waals surface area contributed by atoms with Crippen molar-refractivity contribution in [2.45, 2.75) is 13.3 Å². The first-order valence-electron chi connectivity index (χ1n) is 4.99. The Morgan fingerprint density at radius 2 is 2.27 bits per heavy atom. The predicted octanol–water partition coefficient (Wildman–Crippen LogP) is -2.37. The van der Waals surface area contributed by atoms with Crippen molar-refractivity contribution in [2.75, 3.05) is 13.1 Å². The van der Waals surface area contributed by atoms with Crippen LogP contribution in [0.4, 0.5) is 4.79 Å². The number of hydrogen-bond donors (Lipinski definition) is 0. The van der Waals surface area contributed by atoms with Gasteiger partial charge in [-0.1, -0.05) is 6.92 Å². The topological polar surface area (TPSA) is 29.1 Å². The SMILES string of the molecule is CC1CCN(C(=O)n2cc[n+](C)c2)C1.[I-]. The van der Waals surface area contributed by atoms with Gasteiger partial charge in [-0.2, -0.15) is 4.57 Å². The molecule has 0 saturated carbocycles. The van der Waals surface area contributed by atoms with Crippen LogP contribution in [0, 0.1) is 5.92 Å². The monoisotopic (exact) mass is 321 g/mol. The number of likely N-dealkylation sites (tertiary alicyclic amines) is 1. The summed E-state index contributed by atoms with van der Waals surface area (Å²) in [4.78, 5) is 13.8. The highest BCUT2D eigenvalue weighted by Crippen LogP contribution is 2.15. The van der Waals surface area contributed by atoms with Crippen molar-refractivity contribution in [1.29, 1.82) is 0 Å². The molecule has 1 aliphatic heterocycles. The molecule has 0 spiro atoms. The van der Waals surface area contributed by atoms with Crippen LogP contribution in [0.5, 0.6) is 0 Å². The second kappa shape index (κ2) is 4.96. The van der Waals surface area contributed by atoms with E-state index in [0.29, 0.717) is 5.92 Å². The molecule has 5 heteroatoms. The number of halogens is 1. The van der Waals surface area contributed by atoms with Crippen LogP contribution < -0.4 is 28.5 Å². The second-order valence-electron chi connectivity index (χ2n) is 4.11. The molecule has 2 rings (SSSR count). The molecule has 84 valence electrons. The van der Waals surface area contributed by atoms with Gasteiger partial charge in [0, 0.05) is 13.1 Å². The van der Waals surface area contributed by atoms with Crippen molar-refractivity contribution >= 4 is 6.03 Å². The number of carbonyl (C=O) groups is 1. The van der Waals surface area contributed by atoms with Gasteiger partial charge in [-0.15, -0.1) is 0 Å². The Kier molecular flexibility index (Phi) is 4.12. The maximum atomic E-state index is 11.9. The van der Waals surface area contributed by atoms with Crippen LogP contribution in [0.1, 0.15) is 13.3 Å². The lowest BCUT2D eigenvalue weighted by Crippen LogP contribution is -3.00. The lowest BCUT2D eigenvalue weighted by molar-refractivity contribution is -0.670. The molecule has 2 heterocycles. The van der Waals surface area contributed by atoms with E-state index in [1.165, 1.54) is 0 Å². The highest BCUT2D eigenvalue weighted by molar-refractivity contribution is 5.76. The van der Waals surface area contributed by atoms with Crippen molar-refractivity contribution < 1.29 is 33.3 Å². The van der Waals surface area contributed by atoms with E-state index in [0.717, 1.165) is 19.5 Å². The zero-order valence-corrected chi connectivity index (χ0v) is 11.2. The lowest BCUT2D eigenvalue weighted by Gasteiger charge is -2.11. The molecular weight excluding hydrogens is 305 g/mol. The fourth-order valence-corrected chi connectivity index (χ4v) is 1.84. The van der Waals surface area contributed by atoms with Gasteiger partial charge in [0.15, 0.2) is 0 Å². The van der Waals surface area contributed by atoms with E-state index in [4.69, 9.17) is 0 Å². The van der Waals surface area contributed by atoms with Crippen LogP contribution in [0.25, 0.3) is 0 Å². The lowest BCUT2D eigenvalue weighted by atomic mass is 10.2. The molecule has 4 nitrogen and oxygen atoms in total. The molecule has 1 amide bonds. The van der Waals surface area contributed by atoms with Crippen LogP contribution in [-0.2, 0) is 7.05 Å². The first-order valence-corrected chi connectivity index (χ1v) is 4.99. The van der Waals surface area contributed by atoms with Crippen LogP contribution in [0.3, 0.4) is 0 Å². The molecule has 0 bridgehead atoms. The van der Waals surface area contributed by atoms with Crippen LogP contribution >= 0.6 is 0 Å². The first kappa shape index (κ1) is 12.5. The van der Waals surface area contributed by atoms with E-state index >= 15 is 0 Å². The van der Waals surface area contributed by atoms with Gasteiger partial charge in [-0.25, -0.2) is 9.36 Å². The number of aromatic nitrogens is 2. The molecule has 1 aromatic rings. The average Bonchev–Trinajstić information content (AvgIpc) is 2.73. The van der Waals surface area contributed by atoms with Gasteiger partial charge in [0.05, 0.1) is 7.05 Å². The first-order chi connectivity index (χ1) is 6.66. The standard InChI is InChI=1S/C10H16N3O.HI/c1-9-3-4-12(7-9)10(14)13-6-5-11(2)8-13;/h5-6,8-9H,3-4,7H2,1-2H3;1H/q+1;/p-1. The predicted molar refractivity (Wildman–Crippen MR) is 51.8 cm³/mol. The van der Waals surface area contributed by atoms with Crippen LogP contribution in [-0.4, -0.2) is 28.6 Å². The fourth-order valence-electron chi connectivity index (χ4n) is 1.84. The maximum Gasteiger partial charge on any atom is 0.415 e. The Morgan fingerprint density at radius 3 is 2.73 bits per heavy atom. The minimum absolute atomic E-state index is 0. The van der Waals surface area contributed by atoms with Gasteiger partial charge in [-0.3, -0.25) is 0 Å². The molecule has 1 aliphatic rings. The number of amides is 1. The van der Waals surface area contributed by atoms with Gasteiger partial charge in [0.2, 0.25) is 0 Å². The van der Waals surface area contributed by atoms with Crippen LogP contribution in [0.2, 0.25) is 0 Å². The third-order valence-electron chi connectivity index (χ3n) is 2.68. The zero-order chi connectivity index (χ0) is 10.1. The molecular formula is C10H16IN3O. The Hall–Kier alpha value is -0.590. The molecule has 1 unspecified atom stereocenters. The van der Waals surface area contributed by atoms with Gasteiger partial charge in [0.25, 0.3) is 6.33 Å². The molecule has 0 aromatic carbocycles. The molecule has 15 heavy (non-hydrogen) atoms. The summed E-state index contributed by atoms with van der Waals surface area (Å²) in [5.74, 6) is 0.642. The molecule has 0 radical (unpaired) electrons. The van der Waals surface area contributed by atoms with Gasteiger partial charge in [0.1, 0.15) is 12.4 Å². The smallest absolute Gasteiger partial charge is 0.415 e. The van der Waals surface area contributed by atoms with Gasteiger partial charge >= 0.3 is 6.03 Å². The summed E-state index contributed by atoms with van der Waals surface area (Å²) < 4.78 is 3.51. The zero-order valence-electron chi connectivity index (χ0n) is 9.06. The molecule has 1 atom stereocenters. The summed E-state index contributed by atoms with van der Waals surface area (Å²) >= 11 is 0. The summed E-state index contributed by atoms with van der Waals surface area (Å²) in [7, 11) is 1.91. The Labute approximate surface area is 107 Å². The number of aryl methyl sites for hydroxylation is 1. The van der Waals surface area contributed by atoms with Crippen LogP contribution in [0.15, 0.2) is 18.7 Å². The molecule has 1 aromatic heterocycles. The van der Waals surface area contributed by atoms with Gasteiger partial charge < -0.3 is 28.9 Å². The van der Waals surface area contributed by atoms with E-state index in [9.17, 15) is 4.79 Å². The summed E-state index contributed by atoms with van der Waals surface area (Å²) in [5, 5.41) is 0. The summed E-state index contributed by atoms with van der Waals surface area (Å²) in [6, 6.07) is 0.0925. The maximum absolute atomic E-state index is 11.9. The molecule has 0 aliphatic carbocycles. The van der Waals surface area contributed by atoms with E-state index in [-0.39, 0.29) is 30.0 Å². The highest BCUT2D eigenvalue weighted by Gasteiger charge is 2.27. The molecule has 1 fully saturated rings. The fraction of sp³-hybridized carbons (Fsp3) is 0.600. The van der Waals surface area contributed by atoms with E-state index in [1.54, 1.807) is 17.1 Å². The number of carbonyl (C=O) groups excluding carboxylic acids is 1. The number of nitrogens with zero attached hydrogens (tertiary/aromatic N) is 3. The normalized spacial score (nSPS) is 20.1. The number of imidazole rings is 1. The third-order valence-corrected chi connectivity index (χ3v) is 2.68. The third kappa shape index (κ3) is 2.70. The minimum atomic E-state index is 0. The molecule has 1 saturated heterocycles. The van der Waals surface area contributed by atoms with E-state index in [1.807, 2.05) is 22.7 Å². The van der Waals surface area contributed by atoms with E-state index < -0.39 is 0 Å². The van der Waals surface area contributed by atoms with E-state index in [2.05, 4.69) is 6.92 Å². The Morgan fingerprint density at radius 1 is 1.53 bits per heavy atom. The summed E-state index contributed by atoms with van der Waals surface area (Å²) in [6.07, 6.45) is 6.59. The van der Waals surface area contributed by atoms with Gasteiger partial charge in [-0.05, 0) is 12.3 Å². The molecule has 0 N–H and O–H groups in total.